The third-order valence-electron chi connectivity index (χ3n) is 8.03. The summed E-state index contributed by atoms with van der Waals surface area (Å²) in [4.78, 5) is 42.0. The van der Waals surface area contributed by atoms with Crippen molar-refractivity contribution in [3.8, 4) is 5.75 Å². The van der Waals surface area contributed by atoms with Crippen molar-refractivity contribution in [1.29, 1.82) is 0 Å². The number of pyridine rings is 1. The van der Waals surface area contributed by atoms with Crippen molar-refractivity contribution < 1.29 is 19.4 Å². The van der Waals surface area contributed by atoms with Crippen LogP contribution in [0.1, 0.15) is 49.4 Å². The molecule has 3 aliphatic rings. The van der Waals surface area contributed by atoms with Crippen molar-refractivity contribution in [2.75, 3.05) is 13.7 Å². The summed E-state index contributed by atoms with van der Waals surface area (Å²) in [6, 6.07) is 11.6. The zero-order valence-electron chi connectivity index (χ0n) is 20.1. The van der Waals surface area contributed by atoms with Crippen molar-refractivity contribution in [1.82, 2.24) is 14.8 Å². The van der Waals surface area contributed by atoms with Gasteiger partial charge >= 0.3 is 0 Å². The van der Waals surface area contributed by atoms with E-state index in [-0.39, 0.29) is 35.9 Å². The average molecular weight is 480 g/mol. The van der Waals surface area contributed by atoms with E-state index in [0.717, 1.165) is 37.7 Å². The molecule has 2 fully saturated rings. The maximum Gasteiger partial charge on any atom is 0.250 e. The van der Waals surface area contributed by atoms with E-state index in [0.29, 0.717) is 24.5 Å². The fourth-order valence-corrected chi connectivity index (χ4v) is 6.31. The Morgan fingerprint density at radius 1 is 1.11 bits per heavy atom. The predicted molar refractivity (Wildman–Crippen MR) is 130 cm³/mol. The standard InChI is InChI=1S/C27H33N3O5/c1-35-19-10-5-7-17(13-19)14-28-26(33)24-20(16-31)22-15-29-21(11-6-12-23(29)32)25(24)30(22)27(34)18-8-3-2-4-9-18/h5-7,10-13,18,20,22,24-25,31H,2-4,8-9,14-16H2,1H3,(H,28,33)/t20-,22-,24+,25+/m1/s1. The van der Waals surface area contributed by atoms with Crippen molar-refractivity contribution in [3.05, 3.63) is 64.1 Å². The molecule has 8 nitrogen and oxygen atoms in total. The molecule has 1 aliphatic carbocycles. The molecular weight excluding hydrogens is 446 g/mol. The largest absolute Gasteiger partial charge is 0.497 e. The summed E-state index contributed by atoms with van der Waals surface area (Å²) in [5.41, 5.74) is 1.43. The molecule has 0 spiro atoms. The third-order valence-corrected chi connectivity index (χ3v) is 8.03. The van der Waals surface area contributed by atoms with Crippen LogP contribution >= 0.6 is 0 Å². The summed E-state index contributed by atoms with van der Waals surface area (Å²) in [6.45, 7) is 0.380. The first-order chi connectivity index (χ1) is 17.0. The number of aromatic nitrogens is 1. The molecule has 2 N–H and O–H groups in total. The Morgan fingerprint density at radius 2 is 1.89 bits per heavy atom. The second-order valence-corrected chi connectivity index (χ2v) is 9.93. The van der Waals surface area contributed by atoms with Crippen molar-refractivity contribution >= 4 is 11.8 Å². The van der Waals surface area contributed by atoms with Crippen LogP contribution in [0.25, 0.3) is 0 Å². The van der Waals surface area contributed by atoms with E-state index in [1.165, 1.54) is 6.07 Å². The minimum Gasteiger partial charge on any atom is -0.497 e. The van der Waals surface area contributed by atoms with Gasteiger partial charge in [-0.25, -0.2) is 0 Å². The lowest BCUT2D eigenvalue weighted by Crippen LogP contribution is -2.51. The summed E-state index contributed by atoms with van der Waals surface area (Å²) in [5.74, 6) is -0.599. The Bertz CT molecular complexity index is 1160. The molecule has 2 bridgehead atoms. The highest BCUT2D eigenvalue weighted by Gasteiger charge is 2.57. The second-order valence-electron chi connectivity index (χ2n) is 9.93. The Labute approximate surface area is 204 Å². The van der Waals surface area contributed by atoms with Gasteiger partial charge in [-0.2, -0.15) is 0 Å². The summed E-state index contributed by atoms with van der Waals surface area (Å²) in [5, 5.41) is 13.4. The number of carbonyl (C=O) groups is 2. The average Bonchev–Trinajstić information content (AvgIpc) is 3.14. The van der Waals surface area contributed by atoms with Gasteiger partial charge in [0.25, 0.3) is 5.56 Å². The van der Waals surface area contributed by atoms with Crippen molar-refractivity contribution in [3.63, 3.8) is 0 Å². The number of hydrogen-bond acceptors (Lipinski definition) is 5. The molecule has 3 heterocycles. The normalized spacial score (nSPS) is 25.7. The number of benzene rings is 1. The van der Waals surface area contributed by atoms with Gasteiger partial charge in [-0.05, 0) is 36.6 Å². The van der Waals surface area contributed by atoms with Gasteiger partial charge in [-0.15, -0.1) is 0 Å². The van der Waals surface area contributed by atoms with Gasteiger partial charge in [0, 0.05) is 43.3 Å². The molecule has 1 aromatic heterocycles. The topological polar surface area (TPSA) is 101 Å². The van der Waals surface area contributed by atoms with Gasteiger partial charge in [-0.3, -0.25) is 14.4 Å². The smallest absolute Gasteiger partial charge is 0.250 e. The minimum absolute atomic E-state index is 0.0591. The maximum atomic E-state index is 13.8. The molecule has 2 amide bonds. The molecule has 35 heavy (non-hydrogen) atoms. The maximum absolute atomic E-state index is 13.8. The highest BCUT2D eigenvalue weighted by atomic mass is 16.5. The van der Waals surface area contributed by atoms with E-state index < -0.39 is 17.9 Å². The molecule has 0 radical (unpaired) electrons. The number of nitrogens with zero attached hydrogens (tertiary/aromatic N) is 2. The number of aliphatic hydroxyl groups excluding tert-OH is 1. The number of ether oxygens (including phenoxy) is 1. The number of nitrogens with one attached hydrogen (secondary N) is 1. The fraction of sp³-hybridized carbons (Fsp3) is 0.519. The van der Waals surface area contributed by atoms with Crippen molar-refractivity contribution in [2.24, 2.45) is 17.8 Å². The minimum atomic E-state index is -0.640. The van der Waals surface area contributed by atoms with Crippen LogP contribution in [0.15, 0.2) is 47.3 Å². The number of carbonyl (C=O) groups excluding carboxylic acids is 2. The lowest BCUT2D eigenvalue weighted by molar-refractivity contribution is -0.142. The molecule has 4 atom stereocenters. The van der Waals surface area contributed by atoms with Crippen LogP contribution in [-0.2, 0) is 22.7 Å². The molecule has 1 saturated carbocycles. The van der Waals surface area contributed by atoms with Crippen LogP contribution in [0.5, 0.6) is 5.75 Å². The van der Waals surface area contributed by atoms with Crippen LogP contribution in [0.4, 0.5) is 0 Å². The Morgan fingerprint density at radius 3 is 2.63 bits per heavy atom. The number of methoxy groups -OCH3 is 1. The summed E-state index contributed by atoms with van der Waals surface area (Å²) >= 11 is 0. The van der Waals surface area contributed by atoms with Gasteiger partial charge in [0.1, 0.15) is 5.75 Å². The zero-order valence-corrected chi connectivity index (χ0v) is 20.1. The van der Waals surface area contributed by atoms with E-state index in [1.54, 1.807) is 17.7 Å². The van der Waals surface area contributed by atoms with E-state index >= 15 is 0 Å². The first-order valence-electron chi connectivity index (χ1n) is 12.6. The number of rotatable bonds is 6. The molecule has 2 aliphatic heterocycles. The van der Waals surface area contributed by atoms with Gasteiger partial charge in [-0.1, -0.05) is 37.5 Å². The SMILES string of the molecule is COc1cccc(CNC(=O)[C@H]2[C@H](CO)[C@H]3Cn4c(cccc4=O)[C@@H]2N3C(=O)C2CCCCC2)c1. The first-order valence-corrected chi connectivity index (χ1v) is 12.6. The van der Waals surface area contributed by atoms with Crippen LogP contribution in [-0.4, -0.2) is 46.1 Å². The van der Waals surface area contributed by atoms with Crippen LogP contribution in [0.2, 0.25) is 0 Å². The highest BCUT2D eigenvalue weighted by Crippen LogP contribution is 2.49. The van der Waals surface area contributed by atoms with E-state index in [4.69, 9.17) is 4.74 Å². The van der Waals surface area contributed by atoms with Gasteiger partial charge in [0.15, 0.2) is 0 Å². The van der Waals surface area contributed by atoms with E-state index in [1.807, 2.05) is 35.2 Å². The number of fused-ring (bicyclic) bond motifs is 4. The van der Waals surface area contributed by atoms with Crippen LogP contribution < -0.4 is 15.6 Å². The Balaban J connectivity index is 1.48. The molecule has 1 aromatic carbocycles. The molecule has 5 rings (SSSR count). The molecule has 2 aromatic rings. The summed E-state index contributed by atoms with van der Waals surface area (Å²) in [7, 11) is 1.60. The van der Waals surface area contributed by atoms with Crippen LogP contribution in [0, 0.1) is 17.8 Å². The second kappa shape index (κ2) is 9.85. The van der Waals surface area contributed by atoms with Crippen LogP contribution in [0.3, 0.4) is 0 Å². The molecule has 8 heteroatoms. The molecule has 1 saturated heterocycles. The van der Waals surface area contributed by atoms with Gasteiger partial charge < -0.3 is 24.6 Å². The Kier molecular flexibility index (Phi) is 6.65. The first kappa shape index (κ1) is 23.6. The predicted octanol–water partition coefficient (Wildman–Crippen LogP) is 2.24. The monoisotopic (exact) mass is 479 g/mol. The van der Waals surface area contributed by atoms with E-state index in [2.05, 4.69) is 5.32 Å². The Hall–Kier alpha value is -3.13. The molecule has 0 unspecified atom stereocenters. The van der Waals surface area contributed by atoms with Gasteiger partial charge in [0.2, 0.25) is 11.8 Å². The van der Waals surface area contributed by atoms with E-state index in [9.17, 15) is 19.5 Å². The molecule has 186 valence electrons. The quantitative estimate of drug-likeness (QED) is 0.662. The summed E-state index contributed by atoms with van der Waals surface area (Å²) in [6.07, 6.45) is 4.91. The lowest BCUT2D eigenvalue weighted by atomic mass is 9.86. The summed E-state index contributed by atoms with van der Waals surface area (Å²) < 4.78 is 6.96. The fourth-order valence-electron chi connectivity index (χ4n) is 6.31. The van der Waals surface area contributed by atoms with Crippen molar-refractivity contribution in [2.45, 2.75) is 57.3 Å². The third kappa shape index (κ3) is 4.24. The zero-order chi connectivity index (χ0) is 24.5. The number of aliphatic hydroxyl groups is 1. The lowest BCUT2D eigenvalue weighted by Gasteiger charge is -2.40. The highest BCUT2D eigenvalue weighted by molar-refractivity contribution is 5.85. The molecular formula is C27H33N3O5. The van der Waals surface area contributed by atoms with Gasteiger partial charge in [0.05, 0.1) is 25.1 Å². The number of hydrogen-bond donors (Lipinski definition) is 2. The number of amides is 2.